The monoisotopic (exact) mass is 263 g/mol. The molecule has 0 amide bonds. The first kappa shape index (κ1) is 14.3. The van der Waals surface area contributed by atoms with Gasteiger partial charge < -0.3 is 15.0 Å². The van der Waals surface area contributed by atoms with E-state index in [-0.39, 0.29) is 0 Å². The van der Waals surface area contributed by atoms with Gasteiger partial charge in [0.2, 0.25) is 5.88 Å². The highest BCUT2D eigenvalue weighted by Crippen LogP contribution is 2.18. The van der Waals surface area contributed by atoms with Crippen molar-refractivity contribution in [1.29, 1.82) is 0 Å². The highest BCUT2D eigenvalue weighted by Gasteiger charge is 2.22. The second-order valence-corrected chi connectivity index (χ2v) is 5.54. The van der Waals surface area contributed by atoms with E-state index in [0.29, 0.717) is 11.9 Å². The number of rotatable bonds is 5. The summed E-state index contributed by atoms with van der Waals surface area (Å²) in [4.78, 5) is 6.66. The third-order valence-corrected chi connectivity index (χ3v) is 4.00. The van der Waals surface area contributed by atoms with E-state index in [4.69, 9.17) is 4.74 Å². The van der Waals surface area contributed by atoms with Gasteiger partial charge in [-0.2, -0.15) is 0 Å². The number of aromatic nitrogens is 1. The molecule has 0 aromatic carbocycles. The Balaban J connectivity index is 1.80. The fraction of sp³-hybridized carbons (Fsp3) is 0.667. The van der Waals surface area contributed by atoms with Crippen molar-refractivity contribution in [3.8, 4) is 5.88 Å². The Morgan fingerprint density at radius 2 is 2.37 bits per heavy atom. The fourth-order valence-corrected chi connectivity index (χ4v) is 2.70. The zero-order chi connectivity index (χ0) is 13.7. The van der Waals surface area contributed by atoms with Crippen LogP contribution in [0.3, 0.4) is 0 Å². The average molecular weight is 263 g/mol. The molecule has 2 heterocycles. The first-order chi connectivity index (χ1) is 9.19. The molecule has 0 aliphatic carbocycles. The summed E-state index contributed by atoms with van der Waals surface area (Å²) in [6.45, 7) is 5.61. The van der Waals surface area contributed by atoms with Crippen LogP contribution in [0.5, 0.6) is 5.88 Å². The van der Waals surface area contributed by atoms with Crippen molar-refractivity contribution >= 4 is 0 Å². The van der Waals surface area contributed by atoms with Gasteiger partial charge in [0, 0.05) is 31.4 Å². The minimum Gasteiger partial charge on any atom is -0.481 e. The molecule has 1 aliphatic heterocycles. The largest absolute Gasteiger partial charge is 0.481 e. The van der Waals surface area contributed by atoms with Crippen molar-refractivity contribution in [2.75, 3.05) is 27.2 Å². The maximum absolute atomic E-state index is 5.06. The summed E-state index contributed by atoms with van der Waals surface area (Å²) in [7, 11) is 3.86. The summed E-state index contributed by atoms with van der Waals surface area (Å²) in [6.07, 6.45) is 4.53. The molecule has 19 heavy (non-hydrogen) atoms. The third kappa shape index (κ3) is 4.18. The molecular formula is C15H25N3O. The Bertz CT molecular complexity index is 379. The number of piperidine rings is 1. The van der Waals surface area contributed by atoms with E-state index in [1.54, 1.807) is 7.11 Å². The maximum atomic E-state index is 5.06. The van der Waals surface area contributed by atoms with Gasteiger partial charge in [0.05, 0.1) is 7.11 Å². The predicted molar refractivity (Wildman–Crippen MR) is 77.3 cm³/mol. The number of hydrogen-bond acceptors (Lipinski definition) is 4. The molecule has 0 spiro atoms. The van der Waals surface area contributed by atoms with Crippen molar-refractivity contribution < 1.29 is 4.74 Å². The average Bonchev–Trinajstić information content (AvgIpc) is 2.45. The number of ether oxygens (including phenoxy) is 1. The summed E-state index contributed by atoms with van der Waals surface area (Å²) >= 11 is 0. The van der Waals surface area contributed by atoms with Gasteiger partial charge in [-0.3, -0.25) is 0 Å². The number of pyridine rings is 1. The van der Waals surface area contributed by atoms with E-state index in [0.717, 1.165) is 12.5 Å². The number of likely N-dealkylation sites (tertiary alicyclic amines) is 1. The van der Waals surface area contributed by atoms with Gasteiger partial charge in [-0.05, 0) is 44.8 Å². The van der Waals surface area contributed by atoms with Gasteiger partial charge in [0.1, 0.15) is 0 Å². The SMILES string of the molecule is COc1ccc(CNC(C)C2CCCN(C)C2)cn1. The highest BCUT2D eigenvalue weighted by atomic mass is 16.5. The number of methoxy groups -OCH3 is 1. The predicted octanol–water partition coefficient (Wildman–Crippen LogP) is 1.91. The van der Waals surface area contributed by atoms with Gasteiger partial charge in [-0.1, -0.05) is 6.07 Å². The van der Waals surface area contributed by atoms with Gasteiger partial charge in [0.15, 0.2) is 0 Å². The molecule has 4 nitrogen and oxygen atoms in total. The van der Waals surface area contributed by atoms with Crippen LogP contribution in [0.1, 0.15) is 25.3 Å². The molecule has 0 bridgehead atoms. The minimum atomic E-state index is 0.546. The molecule has 1 aromatic heterocycles. The van der Waals surface area contributed by atoms with Crippen LogP contribution in [0.15, 0.2) is 18.3 Å². The lowest BCUT2D eigenvalue weighted by molar-refractivity contribution is 0.178. The van der Waals surface area contributed by atoms with E-state index in [2.05, 4.69) is 35.2 Å². The van der Waals surface area contributed by atoms with Crippen LogP contribution in [0.4, 0.5) is 0 Å². The van der Waals surface area contributed by atoms with Gasteiger partial charge >= 0.3 is 0 Å². The van der Waals surface area contributed by atoms with Crippen molar-refractivity contribution in [2.45, 2.75) is 32.4 Å². The summed E-state index contributed by atoms with van der Waals surface area (Å²) in [5, 5.41) is 3.62. The van der Waals surface area contributed by atoms with Crippen LogP contribution < -0.4 is 10.1 Å². The molecule has 2 rings (SSSR count). The van der Waals surface area contributed by atoms with Crippen LogP contribution in [-0.4, -0.2) is 43.2 Å². The van der Waals surface area contributed by atoms with Crippen molar-refractivity contribution in [3.05, 3.63) is 23.9 Å². The molecule has 2 atom stereocenters. The number of hydrogen-bond donors (Lipinski definition) is 1. The third-order valence-electron chi connectivity index (χ3n) is 4.00. The second-order valence-electron chi connectivity index (χ2n) is 5.54. The van der Waals surface area contributed by atoms with Crippen LogP contribution in [0.25, 0.3) is 0 Å². The summed E-state index contributed by atoms with van der Waals surface area (Å²) in [5.74, 6) is 1.43. The molecule has 1 N–H and O–H groups in total. The lowest BCUT2D eigenvalue weighted by atomic mass is 9.92. The van der Waals surface area contributed by atoms with E-state index >= 15 is 0 Å². The fourth-order valence-electron chi connectivity index (χ4n) is 2.70. The number of nitrogens with one attached hydrogen (secondary N) is 1. The van der Waals surface area contributed by atoms with E-state index in [1.165, 1.54) is 31.5 Å². The molecular weight excluding hydrogens is 238 g/mol. The van der Waals surface area contributed by atoms with Gasteiger partial charge in [0.25, 0.3) is 0 Å². The van der Waals surface area contributed by atoms with Gasteiger partial charge in [-0.25, -0.2) is 4.98 Å². The molecule has 1 saturated heterocycles. The minimum absolute atomic E-state index is 0.546. The summed E-state index contributed by atoms with van der Waals surface area (Å²) < 4.78 is 5.06. The van der Waals surface area contributed by atoms with Crippen molar-refractivity contribution in [3.63, 3.8) is 0 Å². The molecule has 106 valence electrons. The molecule has 1 fully saturated rings. The molecule has 1 aliphatic rings. The Hall–Kier alpha value is -1.13. The zero-order valence-electron chi connectivity index (χ0n) is 12.2. The molecule has 0 radical (unpaired) electrons. The zero-order valence-corrected chi connectivity index (χ0v) is 12.2. The molecule has 4 heteroatoms. The van der Waals surface area contributed by atoms with E-state index in [9.17, 15) is 0 Å². The van der Waals surface area contributed by atoms with Crippen LogP contribution in [0.2, 0.25) is 0 Å². The van der Waals surface area contributed by atoms with Crippen molar-refractivity contribution in [2.24, 2.45) is 5.92 Å². The van der Waals surface area contributed by atoms with Crippen LogP contribution in [-0.2, 0) is 6.54 Å². The first-order valence-corrected chi connectivity index (χ1v) is 7.10. The topological polar surface area (TPSA) is 37.4 Å². The van der Waals surface area contributed by atoms with Gasteiger partial charge in [-0.15, -0.1) is 0 Å². The van der Waals surface area contributed by atoms with Crippen LogP contribution >= 0.6 is 0 Å². The Morgan fingerprint density at radius 3 is 3.00 bits per heavy atom. The quantitative estimate of drug-likeness (QED) is 0.880. The Labute approximate surface area is 116 Å². The summed E-state index contributed by atoms with van der Waals surface area (Å²) in [6, 6.07) is 4.53. The second kappa shape index (κ2) is 6.87. The van der Waals surface area contributed by atoms with E-state index in [1.807, 2.05) is 12.3 Å². The number of nitrogens with zero attached hydrogens (tertiary/aromatic N) is 2. The maximum Gasteiger partial charge on any atom is 0.212 e. The standard InChI is InChI=1S/C15H25N3O/c1-12(14-5-4-8-18(2)11-14)16-9-13-6-7-15(19-3)17-10-13/h6-7,10,12,14,16H,4-5,8-9,11H2,1-3H3. The smallest absolute Gasteiger partial charge is 0.212 e. The lowest BCUT2D eigenvalue weighted by Gasteiger charge is -2.34. The molecule has 1 aromatic rings. The van der Waals surface area contributed by atoms with Crippen LogP contribution in [0, 0.1) is 5.92 Å². The first-order valence-electron chi connectivity index (χ1n) is 7.10. The lowest BCUT2D eigenvalue weighted by Crippen LogP contribution is -2.42. The molecule has 0 saturated carbocycles. The van der Waals surface area contributed by atoms with Crippen molar-refractivity contribution in [1.82, 2.24) is 15.2 Å². The summed E-state index contributed by atoms with van der Waals surface area (Å²) in [5.41, 5.74) is 1.21. The Kier molecular flexibility index (Phi) is 5.16. The molecule has 2 unspecified atom stereocenters. The Morgan fingerprint density at radius 1 is 1.53 bits per heavy atom. The highest BCUT2D eigenvalue weighted by molar-refractivity contribution is 5.17. The van der Waals surface area contributed by atoms with E-state index < -0.39 is 0 Å². The normalized spacial score (nSPS) is 22.2.